The number of aliphatic hydroxyl groups is 1. The van der Waals surface area contributed by atoms with Gasteiger partial charge in [-0.3, -0.25) is 0 Å². The van der Waals surface area contributed by atoms with Crippen LogP contribution in [0.2, 0.25) is 0 Å². The quantitative estimate of drug-likeness (QED) is 0.877. The predicted octanol–water partition coefficient (Wildman–Crippen LogP) is 2.28. The first-order valence-corrected chi connectivity index (χ1v) is 7.25. The van der Waals surface area contributed by atoms with E-state index in [0.29, 0.717) is 12.0 Å². The number of aliphatic hydroxyl groups excluding tert-OH is 1. The van der Waals surface area contributed by atoms with E-state index in [2.05, 4.69) is 56.1 Å². The highest BCUT2D eigenvalue weighted by Gasteiger charge is 2.27. The van der Waals surface area contributed by atoms with Crippen LogP contribution in [-0.4, -0.2) is 36.9 Å². The van der Waals surface area contributed by atoms with Crippen molar-refractivity contribution in [2.24, 2.45) is 0 Å². The van der Waals surface area contributed by atoms with Gasteiger partial charge in [0.25, 0.3) is 0 Å². The molecular formula is C16H26N2O. The second-order valence-corrected chi connectivity index (χ2v) is 5.96. The summed E-state index contributed by atoms with van der Waals surface area (Å²) >= 11 is 0. The molecule has 106 valence electrons. The molecule has 1 aromatic carbocycles. The fourth-order valence-corrected chi connectivity index (χ4v) is 2.90. The lowest BCUT2D eigenvalue weighted by molar-refractivity contribution is 0.227. The Labute approximate surface area is 116 Å². The average Bonchev–Trinajstić information content (AvgIpc) is 2.39. The molecule has 1 saturated heterocycles. The second-order valence-electron chi connectivity index (χ2n) is 5.96. The minimum Gasteiger partial charge on any atom is -0.395 e. The maximum absolute atomic E-state index is 9.40. The van der Waals surface area contributed by atoms with Crippen LogP contribution >= 0.6 is 0 Å². The molecule has 2 N–H and O–H groups in total. The molecular weight excluding hydrogens is 236 g/mol. The number of rotatable bonds is 3. The molecule has 1 heterocycles. The number of benzene rings is 1. The van der Waals surface area contributed by atoms with Gasteiger partial charge >= 0.3 is 0 Å². The smallest absolute Gasteiger partial charge is 0.0601 e. The van der Waals surface area contributed by atoms with Crippen molar-refractivity contribution < 1.29 is 5.11 Å². The third kappa shape index (κ3) is 2.93. The fourth-order valence-electron chi connectivity index (χ4n) is 2.90. The number of nitrogens with zero attached hydrogens (tertiary/aromatic N) is 1. The van der Waals surface area contributed by atoms with Crippen LogP contribution < -0.4 is 10.2 Å². The standard InChI is InChI=1S/C16H26N2O/c1-11(2)15-7-5-6-12(3)16(15)18-9-14(10-19)17-8-13(18)4/h5-7,11,13-14,17,19H,8-10H2,1-4H3. The summed E-state index contributed by atoms with van der Waals surface area (Å²) in [6.07, 6.45) is 0. The van der Waals surface area contributed by atoms with Crippen molar-refractivity contribution in [3.05, 3.63) is 29.3 Å². The molecule has 2 atom stereocenters. The Bertz CT molecular complexity index is 431. The van der Waals surface area contributed by atoms with E-state index in [-0.39, 0.29) is 12.6 Å². The molecule has 0 aliphatic carbocycles. The van der Waals surface area contributed by atoms with Gasteiger partial charge in [-0.15, -0.1) is 0 Å². The third-order valence-corrected chi connectivity index (χ3v) is 4.05. The van der Waals surface area contributed by atoms with Gasteiger partial charge in [0.2, 0.25) is 0 Å². The van der Waals surface area contributed by atoms with Gasteiger partial charge in [0.05, 0.1) is 6.61 Å². The van der Waals surface area contributed by atoms with Gasteiger partial charge in [0.15, 0.2) is 0 Å². The number of hydrogen-bond acceptors (Lipinski definition) is 3. The van der Waals surface area contributed by atoms with E-state index in [0.717, 1.165) is 13.1 Å². The van der Waals surface area contributed by atoms with Crippen LogP contribution in [0.1, 0.15) is 37.8 Å². The second kappa shape index (κ2) is 5.93. The number of para-hydroxylation sites is 1. The fraction of sp³-hybridized carbons (Fsp3) is 0.625. The molecule has 0 spiro atoms. The maximum atomic E-state index is 9.40. The van der Waals surface area contributed by atoms with Crippen LogP contribution in [0, 0.1) is 6.92 Å². The van der Waals surface area contributed by atoms with Gasteiger partial charge in [0, 0.05) is 30.9 Å². The monoisotopic (exact) mass is 262 g/mol. The van der Waals surface area contributed by atoms with E-state index in [1.807, 2.05) is 0 Å². The summed E-state index contributed by atoms with van der Waals surface area (Å²) in [6, 6.07) is 7.20. The van der Waals surface area contributed by atoms with Crippen LogP contribution in [0.25, 0.3) is 0 Å². The Kier molecular flexibility index (Phi) is 4.48. The van der Waals surface area contributed by atoms with E-state index in [1.165, 1.54) is 16.8 Å². The molecule has 3 nitrogen and oxygen atoms in total. The van der Waals surface area contributed by atoms with Crippen LogP contribution in [0.3, 0.4) is 0 Å². The molecule has 2 rings (SSSR count). The van der Waals surface area contributed by atoms with Crippen molar-refractivity contribution in [2.75, 3.05) is 24.6 Å². The molecule has 3 heteroatoms. The first-order valence-electron chi connectivity index (χ1n) is 7.25. The van der Waals surface area contributed by atoms with Crippen LogP contribution in [0.4, 0.5) is 5.69 Å². The molecule has 0 radical (unpaired) electrons. The van der Waals surface area contributed by atoms with Crippen molar-refractivity contribution in [3.8, 4) is 0 Å². The molecule has 0 aromatic heterocycles. The number of anilines is 1. The highest BCUT2D eigenvalue weighted by molar-refractivity contribution is 5.61. The predicted molar refractivity (Wildman–Crippen MR) is 81.0 cm³/mol. The van der Waals surface area contributed by atoms with E-state index in [4.69, 9.17) is 0 Å². The summed E-state index contributed by atoms with van der Waals surface area (Å²) < 4.78 is 0. The van der Waals surface area contributed by atoms with Gasteiger partial charge in [-0.05, 0) is 30.9 Å². The number of hydrogen-bond donors (Lipinski definition) is 2. The van der Waals surface area contributed by atoms with Crippen molar-refractivity contribution in [3.63, 3.8) is 0 Å². The molecule has 1 aliphatic heterocycles. The lowest BCUT2D eigenvalue weighted by Crippen LogP contribution is -2.57. The van der Waals surface area contributed by atoms with Crippen LogP contribution in [0.15, 0.2) is 18.2 Å². The van der Waals surface area contributed by atoms with Crippen LogP contribution in [0.5, 0.6) is 0 Å². The highest BCUT2D eigenvalue weighted by atomic mass is 16.3. The van der Waals surface area contributed by atoms with Gasteiger partial charge in [-0.1, -0.05) is 32.0 Å². The van der Waals surface area contributed by atoms with Crippen LogP contribution in [-0.2, 0) is 0 Å². The molecule has 0 bridgehead atoms. The Balaban J connectivity index is 2.38. The molecule has 1 aromatic rings. The minimum absolute atomic E-state index is 0.177. The summed E-state index contributed by atoms with van der Waals surface area (Å²) in [7, 11) is 0. The van der Waals surface area contributed by atoms with Gasteiger partial charge < -0.3 is 15.3 Å². The summed E-state index contributed by atoms with van der Waals surface area (Å²) in [6.45, 7) is 10.9. The average molecular weight is 262 g/mol. The number of piperazine rings is 1. The minimum atomic E-state index is 0.177. The highest BCUT2D eigenvalue weighted by Crippen LogP contribution is 2.32. The Morgan fingerprint density at radius 3 is 2.79 bits per heavy atom. The zero-order chi connectivity index (χ0) is 14.0. The first-order chi connectivity index (χ1) is 9.04. The Hall–Kier alpha value is -1.06. The third-order valence-electron chi connectivity index (χ3n) is 4.05. The van der Waals surface area contributed by atoms with Crippen molar-refractivity contribution in [1.82, 2.24) is 5.32 Å². The van der Waals surface area contributed by atoms with Gasteiger partial charge in [-0.2, -0.15) is 0 Å². The molecule has 1 fully saturated rings. The zero-order valence-corrected chi connectivity index (χ0v) is 12.5. The van der Waals surface area contributed by atoms with Crippen molar-refractivity contribution >= 4 is 5.69 Å². The Morgan fingerprint density at radius 2 is 2.16 bits per heavy atom. The lowest BCUT2D eigenvalue weighted by Gasteiger charge is -2.42. The molecule has 19 heavy (non-hydrogen) atoms. The van der Waals surface area contributed by atoms with Crippen molar-refractivity contribution in [1.29, 1.82) is 0 Å². The van der Waals surface area contributed by atoms with Gasteiger partial charge in [-0.25, -0.2) is 0 Å². The zero-order valence-electron chi connectivity index (χ0n) is 12.5. The Morgan fingerprint density at radius 1 is 1.42 bits per heavy atom. The maximum Gasteiger partial charge on any atom is 0.0601 e. The normalized spacial score (nSPS) is 24.0. The largest absolute Gasteiger partial charge is 0.395 e. The molecule has 2 unspecified atom stereocenters. The van der Waals surface area contributed by atoms with E-state index in [9.17, 15) is 5.11 Å². The van der Waals surface area contributed by atoms with E-state index < -0.39 is 0 Å². The lowest BCUT2D eigenvalue weighted by atomic mass is 9.95. The molecule has 0 saturated carbocycles. The van der Waals surface area contributed by atoms with Gasteiger partial charge in [0.1, 0.15) is 0 Å². The van der Waals surface area contributed by atoms with E-state index in [1.54, 1.807) is 0 Å². The molecule has 0 amide bonds. The number of nitrogens with one attached hydrogen (secondary N) is 1. The SMILES string of the molecule is Cc1cccc(C(C)C)c1N1CC(CO)NCC1C. The summed E-state index contributed by atoms with van der Waals surface area (Å²) in [4.78, 5) is 2.46. The summed E-state index contributed by atoms with van der Waals surface area (Å²) in [5, 5.41) is 12.8. The van der Waals surface area contributed by atoms with E-state index >= 15 is 0 Å². The summed E-state index contributed by atoms with van der Waals surface area (Å²) in [5.41, 5.74) is 4.10. The topological polar surface area (TPSA) is 35.5 Å². The summed E-state index contributed by atoms with van der Waals surface area (Å²) in [5.74, 6) is 0.518. The first kappa shape index (κ1) is 14.4. The molecule has 1 aliphatic rings. The number of aryl methyl sites for hydroxylation is 1. The van der Waals surface area contributed by atoms with Crippen molar-refractivity contribution in [2.45, 2.75) is 45.7 Å².